The van der Waals surface area contributed by atoms with Crippen LogP contribution < -0.4 is 0 Å². The fourth-order valence-corrected chi connectivity index (χ4v) is 2.48. The van der Waals surface area contributed by atoms with Gasteiger partial charge in [0.2, 0.25) is 0 Å². The SMILES string of the molecule is CC(CCO)=C(C)C1=CC=C(OC2=CC=CCC2)CC1. The van der Waals surface area contributed by atoms with E-state index in [1.807, 2.05) is 0 Å². The van der Waals surface area contributed by atoms with Gasteiger partial charge in [-0.05, 0) is 56.4 Å². The Morgan fingerprint density at radius 1 is 1.10 bits per heavy atom. The van der Waals surface area contributed by atoms with Crippen LogP contribution in [-0.2, 0) is 4.74 Å². The molecule has 2 rings (SSSR count). The van der Waals surface area contributed by atoms with E-state index in [0.29, 0.717) is 0 Å². The topological polar surface area (TPSA) is 29.5 Å². The van der Waals surface area contributed by atoms with Crippen LogP contribution in [-0.4, -0.2) is 11.7 Å². The van der Waals surface area contributed by atoms with Crippen molar-refractivity contribution in [2.24, 2.45) is 0 Å². The van der Waals surface area contributed by atoms with E-state index in [4.69, 9.17) is 9.84 Å². The largest absolute Gasteiger partial charge is 0.466 e. The van der Waals surface area contributed by atoms with Gasteiger partial charge in [0.05, 0.1) is 0 Å². The third-order valence-electron chi connectivity index (χ3n) is 3.96. The van der Waals surface area contributed by atoms with Gasteiger partial charge in [-0.1, -0.05) is 23.8 Å². The van der Waals surface area contributed by atoms with Gasteiger partial charge in [-0.2, -0.15) is 0 Å². The van der Waals surface area contributed by atoms with Crippen LogP contribution in [0.3, 0.4) is 0 Å². The molecule has 0 aromatic rings. The monoisotopic (exact) mass is 272 g/mol. The second-order valence-electron chi connectivity index (χ2n) is 5.41. The van der Waals surface area contributed by atoms with E-state index in [2.05, 4.69) is 44.2 Å². The van der Waals surface area contributed by atoms with E-state index < -0.39 is 0 Å². The molecular weight excluding hydrogens is 248 g/mol. The number of ether oxygens (including phenoxy) is 1. The van der Waals surface area contributed by atoms with Crippen molar-refractivity contribution in [2.75, 3.05) is 6.61 Å². The van der Waals surface area contributed by atoms with Gasteiger partial charge in [0.25, 0.3) is 0 Å². The van der Waals surface area contributed by atoms with Crippen molar-refractivity contribution < 1.29 is 9.84 Å². The maximum atomic E-state index is 9.01. The minimum atomic E-state index is 0.225. The molecule has 1 N–H and O–H groups in total. The molecule has 0 fully saturated rings. The van der Waals surface area contributed by atoms with Crippen LogP contribution in [0.25, 0.3) is 0 Å². The number of rotatable bonds is 5. The molecule has 0 spiro atoms. The minimum Gasteiger partial charge on any atom is -0.466 e. The van der Waals surface area contributed by atoms with E-state index in [9.17, 15) is 0 Å². The number of aliphatic hydroxyl groups is 1. The van der Waals surface area contributed by atoms with Gasteiger partial charge in [0.1, 0.15) is 11.5 Å². The maximum absolute atomic E-state index is 9.01. The zero-order valence-electron chi connectivity index (χ0n) is 12.5. The van der Waals surface area contributed by atoms with Crippen LogP contribution in [0.15, 0.2) is 58.6 Å². The summed E-state index contributed by atoms with van der Waals surface area (Å²) in [6.07, 6.45) is 15.3. The predicted octanol–water partition coefficient (Wildman–Crippen LogP) is 4.56. The molecule has 2 nitrogen and oxygen atoms in total. The molecule has 0 unspecified atom stereocenters. The first kappa shape index (κ1) is 14.9. The molecule has 0 atom stereocenters. The second kappa shape index (κ2) is 7.30. The Morgan fingerprint density at radius 3 is 2.50 bits per heavy atom. The van der Waals surface area contributed by atoms with Crippen molar-refractivity contribution in [3.05, 3.63) is 58.6 Å². The fourth-order valence-electron chi connectivity index (χ4n) is 2.48. The van der Waals surface area contributed by atoms with Gasteiger partial charge in [0.15, 0.2) is 0 Å². The summed E-state index contributed by atoms with van der Waals surface area (Å²) in [6, 6.07) is 0. The maximum Gasteiger partial charge on any atom is 0.104 e. The number of hydrogen-bond donors (Lipinski definition) is 1. The Balaban J connectivity index is 2.02. The molecule has 0 aromatic carbocycles. The summed E-state index contributed by atoms with van der Waals surface area (Å²) in [5.41, 5.74) is 3.95. The van der Waals surface area contributed by atoms with Gasteiger partial charge < -0.3 is 9.84 Å². The Kier molecular flexibility index (Phi) is 5.42. The van der Waals surface area contributed by atoms with Crippen molar-refractivity contribution in [3.8, 4) is 0 Å². The van der Waals surface area contributed by atoms with Gasteiger partial charge in [0, 0.05) is 19.4 Å². The van der Waals surface area contributed by atoms with E-state index in [0.717, 1.165) is 43.6 Å². The van der Waals surface area contributed by atoms with Crippen LogP contribution >= 0.6 is 0 Å². The number of allylic oxidation sites excluding steroid dienone is 9. The molecule has 0 heterocycles. The lowest BCUT2D eigenvalue weighted by Crippen LogP contribution is -2.01. The molecule has 20 heavy (non-hydrogen) atoms. The smallest absolute Gasteiger partial charge is 0.104 e. The van der Waals surface area contributed by atoms with E-state index >= 15 is 0 Å². The average molecular weight is 272 g/mol. The molecule has 2 aliphatic carbocycles. The van der Waals surface area contributed by atoms with E-state index in [1.54, 1.807) is 0 Å². The zero-order valence-corrected chi connectivity index (χ0v) is 12.5. The van der Waals surface area contributed by atoms with Gasteiger partial charge >= 0.3 is 0 Å². The predicted molar refractivity (Wildman–Crippen MR) is 83.0 cm³/mol. The average Bonchev–Trinajstić information content (AvgIpc) is 2.48. The fraction of sp³-hybridized carbons (Fsp3) is 0.444. The van der Waals surface area contributed by atoms with Crippen molar-refractivity contribution in [2.45, 2.75) is 46.0 Å². The Morgan fingerprint density at radius 2 is 1.90 bits per heavy atom. The van der Waals surface area contributed by atoms with E-state index in [-0.39, 0.29) is 6.61 Å². The Bertz CT molecular complexity index is 502. The van der Waals surface area contributed by atoms with Gasteiger partial charge in [-0.3, -0.25) is 0 Å². The van der Waals surface area contributed by atoms with Crippen molar-refractivity contribution in [3.63, 3.8) is 0 Å². The van der Waals surface area contributed by atoms with Gasteiger partial charge in [-0.15, -0.1) is 0 Å². The zero-order chi connectivity index (χ0) is 14.4. The molecule has 108 valence electrons. The highest BCUT2D eigenvalue weighted by Gasteiger charge is 2.12. The molecule has 2 heteroatoms. The molecule has 0 radical (unpaired) electrons. The molecule has 0 saturated heterocycles. The lowest BCUT2D eigenvalue weighted by Gasteiger charge is -2.19. The number of aliphatic hydroxyl groups excluding tert-OH is 1. The minimum absolute atomic E-state index is 0.225. The summed E-state index contributed by atoms with van der Waals surface area (Å²) in [4.78, 5) is 0. The van der Waals surface area contributed by atoms with Crippen molar-refractivity contribution in [1.82, 2.24) is 0 Å². The Hall–Kier alpha value is -1.54. The van der Waals surface area contributed by atoms with E-state index in [1.165, 1.54) is 16.7 Å². The summed E-state index contributed by atoms with van der Waals surface area (Å²) < 4.78 is 5.94. The molecule has 0 aliphatic heterocycles. The standard InChI is InChI=1S/C18H24O2/c1-14(12-13-19)15(2)16-8-10-18(11-9-16)20-17-6-4-3-5-7-17/h3-4,6,8,10,19H,5,7,9,11-13H2,1-2H3. The van der Waals surface area contributed by atoms with Crippen LogP contribution in [0.5, 0.6) is 0 Å². The second-order valence-corrected chi connectivity index (χ2v) is 5.41. The summed E-state index contributed by atoms with van der Waals surface area (Å²) >= 11 is 0. The molecule has 0 bridgehead atoms. The van der Waals surface area contributed by atoms with Crippen molar-refractivity contribution >= 4 is 0 Å². The first-order chi connectivity index (χ1) is 9.70. The summed E-state index contributed by atoms with van der Waals surface area (Å²) in [7, 11) is 0. The highest BCUT2D eigenvalue weighted by molar-refractivity contribution is 5.38. The molecular formula is C18H24O2. The van der Waals surface area contributed by atoms with Crippen molar-refractivity contribution in [1.29, 1.82) is 0 Å². The lowest BCUT2D eigenvalue weighted by atomic mass is 9.93. The van der Waals surface area contributed by atoms with Gasteiger partial charge in [-0.25, -0.2) is 0 Å². The number of hydrogen-bond acceptors (Lipinski definition) is 2. The quantitative estimate of drug-likeness (QED) is 0.795. The molecule has 0 amide bonds. The summed E-state index contributed by atoms with van der Waals surface area (Å²) in [5, 5.41) is 9.01. The highest BCUT2D eigenvalue weighted by atomic mass is 16.5. The third kappa shape index (κ3) is 3.97. The van der Waals surface area contributed by atoms with Crippen LogP contribution in [0, 0.1) is 0 Å². The molecule has 0 aromatic heterocycles. The van der Waals surface area contributed by atoms with Crippen LogP contribution in [0.4, 0.5) is 0 Å². The molecule has 0 saturated carbocycles. The normalized spacial score (nSPS) is 19.9. The highest BCUT2D eigenvalue weighted by Crippen LogP contribution is 2.29. The van der Waals surface area contributed by atoms with Crippen LogP contribution in [0.2, 0.25) is 0 Å². The first-order valence-corrected chi connectivity index (χ1v) is 7.41. The third-order valence-corrected chi connectivity index (χ3v) is 3.96. The summed E-state index contributed by atoms with van der Waals surface area (Å²) in [6.45, 7) is 4.47. The van der Waals surface area contributed by atoms with Crippen LogP contribution in [0.1, 0.15) is 46.0 Å². The molecule has 2 aliphatic rings. The first-order valence-electron chi connectivity index (χ1n) is 7.41. The Labute approximate surface area is 121 Å². The lowest BCUT2D eigenvalue weighted by molar-refractivity contribution is 0.275. The summed E-state index contributed by atoms with van der Waals surface area (Å²) in [5.74, 6) is 2.13.